The van der Waals surface area contributed by atoms with Crippen LogP contribution >= 0.6 is 0 Å². The van der Waals surface area contributed by atoms with E-state index in [4.69, 9.17) is 4.74 Å². The number of ether oxygens (including phenoxy) is 1. The summed E-state index contributed by atoms with van der Waals surface area (Å²) in [5.74, 6) is -4.40. The Kier molecular flexibility index (Phi) is 28.2. The molecule has 0 aliphatic heterocycles. The Hall–Kier alpha value is -7.22. The molecule has 2 fully saturated rings. The molecule has 2 saturated carbocycles. The summed E-state index contributed by atoms with van der Waals surface area (Å²) in [4.78, 5) is 92.9. The van der Waals surface area contributed by atoms with Gasteiger partial charge in [-0.25, -0.2) is 4.79 Å². The molecule has 4 aromatic rings. The normalized spacial score (nSPS) is 17.2. The van der Waals surface area contributed by atoms with E-state index in [9.17, 15) is 53.2 Å². The summed E-state index contributed by atoms with van der Waals surface area (Å²) in [6.07, 6.45) is 17.6. The molecule has 88 heavy (non-hydrogen) atoms. The molecule has 19 nitrogen and oxygen atoms in total. The first-order valence-corrected chi connectivity index (χ1v) is 32.0. The standard InChI is InChI=1S/C45H58BN5O8.C22H31BN2O4/c1-2-15-36(41(53)44(56)47-27-38(52)51-40(33-21-10-5-11-22-33)45(57)59-28-30-16-6-3-7-17-30)49-42(54)37(26-34-24-14-23-31-18-12-13-25-35(31)34)50-43(55)39(48-29-46-58)32-19-8-4-9-20-32;26-21(20(24-14-23-29)16-8-2-1-3-9-16)25-19(22(27)28)13-17-11-6-10-15-7-4-5-12-18(15)17/h3,5-7,10-11,14,16-17,21-24,32,36-37,39-41,48,53H,2,4,8-9,12-13,15,18-20,25-29H2,1H3,(H,47,56)(H,49,54)(H,50,55)(H,51,52);6,10-11,16,19-20,24H,1-5,7-9,12-14H2,(H,25,26)(H,27,28)/t36?,37-,39-,40-,41?;19-,20-/m00/s1. The number of aliphatic hydroxyl groups is 1. The molecule has 5 amide bonds. The van der Waals surface area contributed by atoms with E-state index in [1.54, 1.807) is 30.3 Å². The van der Waals surface area contributed by atoms with Crippen LogP contribution in [0.2, 0.25) is 0 Å². The number of carbonyl (C=O) groups is 7. The Morgan fingerprint density at radius 1 is 0.557 bits per heavy atom. The van der Waals surface area contributed by atoms with Gasteiger partial charge in [0, 0.05) is 0 Å². The average Bonchev–Trinajstić information content (AvgIpc) is 3.23. The molecule has 0 radical (unpaired) electrons. The summed E-state index contributed by atoms with van der Waals surface area (Å²) in [5, 5.41) is 40.9. The number of amides is 5. The minimum atomic E-state index is -1.74. The number of rotatable bonds is 30. The van der Waals surface area contributed by atoms with Gasteiger partial charge in [0.05, 0.1) is 6.54 Å². The van der Waals surface area contributed by atoms with E-state index in [0.717, 1.165) is 140 Å². The number of carboxylic acid groups (broad SMARTS) is 1. The Bertz CT molecular complexity index is 2950. The molecule has 0 aromatic heterocycles. The van der Waals surface area contributed by atoms with Gasteiger partial charge in [-0.05, 0) is 11.1 Å². The topological polar surface area (TPSA) is 288 Å². The zero-order valence-corrected chi connectivity index (χ0v) is 51.0. The molecule has 4 aromatic carbocycles. The van der Waals surface area contributed by atoms with Gasteiger partial charge in [0.25, 0.3) is 0 Å². The first-order chi connectivity index (χ1) is 42.8. The van der Waals surface area contributed by atoms with Gasteiger partial charge in [0.1, 0.15) is 6.61 Å². The Morgan fingerprint density at radius 2 is 1.06 bits per heavy atom. The molecule has 2 unspecified atom stereocenters. The summed E-state index contributed by atoms with van der Waals surface area (Å²) in [5.41, 5.74) is 8.19. The predicted molar refractivity (Wildman–Crippen MR) is 334 cm³/mol. The SMILES string of the molecule is CCCC(NC(=O)[C@H](Cc1cccc2c1CCCC2)NC(=O)[C@@H](NCB=O)C1CCCCC1)C(O)C(=O)NCC(=O)N[C@H](C(=O)OCc1ccccc1)c1ccccc1.O=BCN[C@H](C(=O)N[C@@H](Cc1cccc2c1CCCC2)C(=O)O)C1CCCCC1. The fourth-order valence-corrected chi connectivity index (χ4v) is 13.0. The monoisotopic (exact) mass is 1210 g/mol. The van der Waals surface area contributed by atoms with E-state index < -0.39 is 78.6 Å². The summed E-state index contributed by atoms with van der Waals surface area (Å²) < 4.78 is 27.7. The molecule has 4 aliphatic rings. The zero-order valence-electron chi connectivity index (χ0n) is 51.0. The van der Waals surface area contributed by atoms with Crippen molar-refractivity contribution in [3.05, 3.63) is 142 Å². The fraction of sp³-hybridized carbons (Fsp3) is 0.537. The van der Waals surface area contributed by atoms with E-state index in [1.165, 1.54) is 28.7 Å². The van der Waals surface area contributed by atoms with E-state index in [2.05, 4.69) is 49.4 Å². The molecule has 0 heterocycles. The van der Waals surface area contributed by atoms with Crippen LogP contribution < -0.4 is 37.2 Å². The van der Waals surface area contributed by atoms with Crippen LogP contribution in [0.25, 0.3) is 0 Å². The van der Waals surface area contributed by atoms with Crippen LogP contribution in [0.4, 0.5) is 0 Å². The number of aliphatic carboxylic acids is 1. The fourth-order valence-electron chi connectivity index (χ4n) is 13.0. The Balaban J connectivity index is 0.000000317. The van der Waals surface area contributed by atoms with Gasteiger partial charge in [-0.1, -0.05) is 60.7 Å². The Morgan fingerprint density at radius 3 is 1.57 bits per heavy atom. The molecule has 21 heteroatoms. The number of hydrogen-bond acceptors (Lipinski definition) is 13. The maximum atomic E-state index is 14.3. The number of benzene rings is 4. The van der Waals surface area contributed by atoms with E-state index >= 15 is 0 Å². The second kappa shape index (κ2) is 36.3. The molecule has 470 valence electrons. The van der Waals surface area contributed by atoms with Crippen LogP contribution in [0, 0.1) is 11.8 Å². The van der Waals surface area contributed by atoms with Crippen molar-refractivity contribution in [2.75, 3.05) is 19.4 Å². The van der Waals surface area contributed by atoms with Crippen LogP contribution in [0.1, 0.15) is 160 Å². The summed E-state index contributed by atoms with van der Waals surface area (Å²) in [6.45, 7) is 1.29. The van der Waals surface area contributed by atoms with Crippen LogP contribution in [0.3, 0.4) is 0 Å². The maximum absolute atomic E-state index is 14.3. The van der Waals surface area contributed by atoms with Gasteiger partial charge >= 0.3 is 404 Å². The number of aliphatic hydroxyl groups excluding tert-OH is 1. The predicted octanol–water partition coefficient (Wildman–Crippen LogP) is 5.72. The number of aryl methyl sites for hydroxylation is 2. The third-order valence-electron chi connectivity index (χ3n) is 17.6. The van der Waals surface area contributed by atoms with Crippen molar-refractivity contribution in [2.45, 2.75) is 197 Å². The molecule has 8 rings (SSSR count). The number of esters is 1. The van der Waals surface area contributed by atoms with Crippen LogP contribution in [-0.4, -0.2) is 122 Å². The minimum absolute atomic E-state index is 0.000794. The zero-order chi connectivity index (χ0) is 62.6. The van der Waals surface area contributed by atoms with Crippen molar-refractivity contribution in [1.82, 2.24) is 37.2 Å². The van der Waals surface area contributed by atoms with Crippen LogP contribution in [0.5, 0.6) is 0 Å². The molecule has 7 atom stereocenters. The van der Waals surface area contributed by atoms with E-state index in [0.29, 0.717) is 12.0 Å². The van der Waals surface area contributed by atoms with Gasteiger partial charge in [-0.15, -0.1) is 0 Å². The molecule has 0 saturated heterocycles. The van der Waals surface area contributed by atoms with Crippen molar-refractivity contribution in [3.8, 4) is 0 Å². The third kappa shape index (κ3) is 20.7. The average molecular weight is 1210 g/mol. The van der Waals surface area contributed by atoms with Crippen LogP contribution in [0.15, 0.2) is 97.1 Å². The molecule has 9 N–H and O–H groups in total. The second-order valence-corrected chi connectivity index (χ2v) is 23.9. The number of hydrogen-bond donors (Lipinski definition) is 9. The molecular weight excluding hydrogens is 1120 g/mol. The van der Waals surface area contributed by atoms with Crippen molar-refractivity contribution in [1.29, 1.82) is 0 Å². The number of fused-ring (bicyclic) bond motifs is 2. The number of nitrogens with one attached hydrogen (secondary N) is 7. The summed E-state index contributed by atoms with van der Waals surface area (Å²) in [6, 6.07) is 24.4. The van der Waals surface area contributed by atoms with Gasteiger partial charge in [0.15, 0.2) is 6.04 Å². The van der Waals surface area contributed by atoms with E-state index in [-0.39, 0.29) is 62.4 Å². The quantitative estimate of drug-likeness (QED) is 0.0223. The number of carbonyl (C=O) groups excluding carboxylic acids is 6. The van der Waals surface area contributed by atoms with Crippen molar-refractivity contribution in [2.24, 2.45) is 11.8 Å². The van der Waals surface area contributed by atoms with E-state index in [1.807, 2.05) is 61.5 Å². The molecule has 0 spiro atoms. The van der Waals surface area contributed by atoms with Crippen LogP contribution in [-0.2, 0) is 92.8 Å². The third-order valence-corrected chi connectivity index (χ3v) is 17.6. The van der Waals surface area contributed by atoms with Crippen molar-refractivity contribution >= 4 is 55.8 Å². The second-order valence-electron chi connectivity index (χ2n) is 23.9. The Labute approximate surface area is 518 Å². The first kappa shape index (κ1) is 68.3. The van der Waals surface area contributed by atoms with Crippen molar-refractivity contribution in [3.63, 3.8) is 0 Å². The van der Waals surface area contributed by atoms with Gasteiger partial charge in [-0.3, -0.25) is 4.79 Å². The number of carboxylic acids is 1. The van der Waals surface area contributed by atoms with Gasteiger partial charge in [-0.2, -0.15) is 0 Å². The van der Waals surface area contributed by atoms with Crippen molar-refractivity contribution < 1.29 is 57.9 Å². The molecular formula is C67H89B2N7O12. The summed E-state index contributed by atoms with van der Waals surface area (Å²) in [7, 11) is 1.46. The van der Waals surface area contributed by atoms with Gasteiger partial charge < -0.3 is 10.1 Å². The molecule has 4 aliphatic carbocycles. The first-order valence-electron chi connectivity index (χ1n) is 32.0. The molecule has 0 bridgehead atoms. The van der Waals surface area contributed by atoms with Gasteiger partial charge in [0.2, 0.25) is 5.91 Å². The summed E-state index contributed by atoms with van der Waals surface area (Å²) >= 11 is 0.